The van der Waals surface area contributed by atoms with Gasteiger partial charge in [0.1, 0.15) is 5.76 Å². The fourth-order valence-electron chi connectivity index (χ4n) is 1.17. The average Bonchev–Trinajstić information content (AvgIpc) is 2.59. The van der Waals surface area contributed by atoms with Gasteiger partial charge in [-0.15, -0.1) is 11.6 Å². The lowest BCUT2D eigenvalue weighted by Crippen LogP contribution is -2.46. The van der Waals surface area contributed by atoms with E-state index < -0.39 is 5.54 Å². The van der Waals surface area contributed by atoms with E-state index in [-0.39, 0.29) is 18.3 Å². The van der Waals surface area contributed by atoms with Crippen molar-refractivity contribution in [2.24, 2.45) is 0 Å². The minimum Gasteiger partial charge on any atom is -0.456 e. The molecule has 1 heterocycles. The Morgan fingerprint density at radius 3 is 2.69 bits per heavy atom. The van der Waals surface area contributed by atoms with Gasteiger partial charge in [0.05, 0.1) is 18.0 Å². The second-order valence-electron chi connectivity index (χ2n) is 4.32. The van der Waals surface area contributed by atoms with Crippen LogP contribution in [0, 0.1) is 6.92 Å². The number of hydrogen-bond acceptors (Lipinski definition) is 3. The van der Waals surface area contributed by atoms with Crippen molar-refractivity contribution in [3.8, 4) is 0 Å². The van der Waals surface area contributed by atoms with Gasteiger partial charge in [-0.3, -0.25) is 4.79 Å². The van der Waals surface area contributed by atoms with Crippen molar-refractivity contribution >= 4 is 17.5 Å². The second-order valence-corrected chi connectivity index (χ2v) is 4.59. The van der Waals surface area contributed by atoms with Crippen LogP contribution in [0.2, 0.25) is 0 Å². The number of furan rings is 1. The van der Waals surface area contributed by atoms with Crippen molar-refractivity contribution in [1.82, 2.24) is 5.32 Å². The van der Waals surface area contributed by atoms with Gasteiger partial charge in [-0.05, 0) is 26.8 Å². The fourth-order valence-corrected chi connectivity index (χ4v) is 1.44. The summed E-state index contributed by atoms with van der Waals surface area (Å²) in [7, 11) is 0. The van der Waals surface area contributed by atoms with Crippen molar-refractivity contribution in [2.75, 3.05) is 6.61 Å². The van der Waals surface area contributed by atoms with Crippen LogP contribution in [0.5, 0.6) is 0 Å². The number of carbonyl (C=O) groups is 1. The third-order valence-electron chi connectivity index (χ3n) is 2.24. The lowest BCUT2D eigenvalue weighted by Gasteiger charge is -2.22. The normalized spacial score (nSPS) is 11.6. The zero-order valence-electron chi connectivity index (χ0n) is 9.63. The molecule has 0 bridgehead atoms. The van der Waals surface area contributed by atoms with Crippen molar-refractivity contribution in [2.45, 2.75) is 32.2 Å². The standard InChI is InChI=1S/C11H16ClNO3/c1-7-8(5-12)4-9(16-7)10(15)13-11(2,3)6-14/h4,14H,5-6H2,1-3H3,(H,13,15). The molecule has 1 amide bonds. The van der Waals surface area contributed by atoms with E-state index in [1.54, 1.807) is 26.8 Å². The first-order chi connectivity index (χ1) is 7.39. The molecule has 0 spiro atoms. The molecule has 1 aromatic rings. The summed E-state index contributed by atoms with van der Waals surface area (Å²) in [6.45, 7) is 5.07. The number of carbonyl (C=O) groups excluding carboxylic acids is 1. The van der Waals surface area contributed by atoms with Crippen LogP contribution in [0.3, 0.4) is 0 Å². The topological polar surface area (TPSA) is 62.5 Å². The quantitative estimate of drug-likeness (QED) is 0.796. The largest absolute Gasteiger partial charge is 0.456 e. The molecule has 0 aromatic carbocycles. The van der Waals surface area contributed by atoms with Crippen LogP contribution < -0.4 is 5.32 Å². The van der Waals surface area contributed by atoms with E-state index in [1.165, 1.54) is 0 Å². The maximum Gasteiger partial charge on any atom is 0.287 e. The first-order valence-corrected chi connectivity index (χ1v) is 5.51. The summed E-state index contributed by atoms with van der Waals surface area (Å²) in [5.74, 6) is 0.821. The van der Waals surface area contributed by atoms with E-state index in [0.29, 0.717) is 11.6 Å². The highest BCUT2D eigenvalue weighted by Gasteiger charge is 2.22. The molecule has 1 aromatic heterocycles. The molecule has 2 N–H and O–H groups in total. The smallest absolute Gasteiger partial charge is 0.287 e. The van der Waals surface area contributed by atoms with Crippen molar-refractivity contribution in [3.05, 3.63) is 23.2 Å². The molecule has 0 unspecified atom stereocenters. The maximum absolute atomic E-state index is 11.7. The summed E-state index contributed by atoms with van der Waals surface area (Å²) in [5.41, 5.74) is 0.132. The molecule has 5 heteroatoms. The Morgan fingerprint density at radius 1 is 1.62 bits per heavy atom. The van der Waals surface area contributed by atoms with Gasteiger partial charge in [0, 0.05) is 5.56 Å². The number of hydrogen-bond donors (Lipinski definition) is 2. The van der Waals surface area contributed by atoms with Crippen LogP contribution >= 0.6 is 11.6 Å². The molecule has 0 aliphatic heterocycles. The van der Waals surface area contributed by atoms with Gasteiger partial charge in [-0.1, -0.05) is 0 Å². The Hall–Kier alpha value is -1.00. The molecular weight excluding hydrogens is 230 g/mol. The number of aliphatic hydroxyl groups excluding tert-OH is 1. The van der Waals surface area contributed by atoms with Crippen molar-refractivity contribution < 1.29 is 14.3 Å². The lowest BCUT2D eigenvalue weighted by atomic mass is 10.1. The van der Waals surface area contributed by atoms with Crippen LogP contribution in [-0.4, -0.2) is 23.2 Å². The summed E-state index contributed by atoms with van der Waals surface area (Å²) in [6.07, 6.45) is 0. The molecule has 0 saturated carbocycles. The van der Waals surface area contributed by atoms with E-state index in [1.807, 2.05) is 0 Å². The van der Waals surface area contributed by atoms with Crippen LogP contribution in [0.4, 0.5) is 0 Å². The number of aliphatic hydroxyl groups is 1. The number of rotatable bonds is 4. The van der Waals surface area contributed by atoms with Gasteiger partial charge in [-0.2, -0.15) is 0 Å². The summed E-state index contributed by atoms with van der Waals surface area (Å²) < 4.78 is 5.28. The molecule has 16 heavy (non-hydrogen) atoms. The zero-order valence-corrected chi connectivity index (χ0v) is 10.4. The van der Waals surface area contributed by atoms with Crippen LogP contribution in [0.25, 0.3) is 0 Å². The summed E-state index contributed by atoms with van der Waals surface area (Å²) in [6, 6.07) is 1.62. The van der Waals surface area contributed by atoms with Crippen LogP contribution in [0.15, 0.2) is 10.5 Å². The van der Waals surface area contributed by atoms with E-state index in [4.69, 9.17) is 21.1 Å². The van der Waals surface area contributed by atoms with Crippen LogP contribution in [0.1, 0.15) is 35.7 Å². The van der Waals surface area contributed by atoms with Crippen LogP contribution in [-0.2, 0) is 5.88 Å². The third-order valence-corrected chi connectivity index (χ3v) is 2.52. The van der Waals surface area contributed by atoms with E-state index in [0.717, 1.165) is 5.56 Å². The molecular formula is C11H16ClNO3. The highest BCUT2D eigenvalue weighted by atomic mass is 35.5. The molecule has 90 valence electrons. The minimum absolute atomic E-state index is 0.138. The molecule has 0 fully saturated rings. The predicted octanol–water partition coefficient (Wildman–Crippen LogP) is 1.83. The number of aryl methyl sites for hydroxylation is 1. The van der Waals surface area contributed by atoms with E-state index >= 15 is 0 Å². The summed E-state index contributed by atoms with van der Waals surface area (Å²) in [4.78, 5) is 11.7. The van der Waals surface area contributed by atoms with Gasteiger partial charge in [0.25, 0.3) is 5.91 Å². The predicted molar refractivity (Wildman–Crippen MR) is 61.6 cm³/mol. The second kappa shape index (κ2) is 4.89. The molecule has 4 nitrogen and oxygen atoms in total. The number of nitrogens with one attached hydrogen (secondary N) is 1. The van der Waals surface area contributed by atoms with Gasteiger partial charge in [-0.25, -0.2) is 0 Å². The van der Waals surface area contributed by atoms with Gasteiger partial charge in [0.15, 0.2) is 5.76 Å². The zero-order chi connectivity index (χ0) is 12.3. The summed E-state index contributed by atoms with van der Waals surface area (Å²) in [5, 5.41) is 11.7. The SMILES string of the molecule is Cc1oc(C(=O)NC(C)(C)CO)cc1CCl. The molecule has 0 radical (unpaired) electrons. The number of halogens is 1. The van der Waals surface area contributed by atoms with Crippen molar-refractivity contribution in [3.63, 3.8) is 0 Å². The molecule has 0 saturated heterocycles. The number of amides is 1. The Balaban J connectivity index is 2.81. The van der Waals surface area contributed by atoms with Gasteiger partial charge >= 0.3 is 0 Å². The van der Waals surface area contributed by atoms with E-state index in [2.05, 4.69) is 5.32 Å². The van der Waals surface area contributed by atoms with Gasteiger partial charge < -0.3 is 14.8 Å². The monoisotopic (exact) mass is 245 g/mol. The fraction of sp³-hybridized carbons (Fsp3) is 0.545. The first kappa shape index (κ1) is 13.1. The third kappa shape index (κ3) is 3.00. The highest BCUT2D eigenvalue weighted by Crippen LogP contribution is 2.17. The maximum atomic E-state index is 11.7. The Bertz CT molecular complexity index is 385. The van der Waals surface area contributed by atoms with Gasteiger partial charge in [0.2, 0.25) is 0 Å². The Kier molecular flexibility index (Phi) is 3.99. The number of alkyl halides is 1. The average molecular weight is 246 g/mol. The minimum atomic E-state index is -0.668. The first-order valence-electron chi connectivity index (χ1n) is 4.98. The highest BCUT2D eigenvalue weighted by molar-refractivity contribution is 6.17. The van der Waals surface area contributed by atoms with Crippen molar-refractivity contribution in [1.29, 1.82) is 0 Å². The lowest BCUT2D eigenvalue weighted by molar-refractivity contribution is 0.0840. The van der Waals surface area contributed by atoms with E-state index in [9.17, 15) is 4.79 Å². The molecule has 0 aliphatic rings. The molecule has 0 atom stereocenters. The molecule has 0 aliphatic carbocycles. The Labute approximate surface area is 99.6 Å². The summed E-state index contributed by atoms with van der Waals surface area (Å²) >= 11 is 5.68. The molecule has 1 rings (SSSR count). The Morgan fingerprint density at radius 2 is 2.25 bits per heavy atom.